The van der Waals surface area contributed by atoms with E-state index in [0.29, 0.717) is 23.7 Å². The Morgan fingerprint density at radius 1 is 1.17 bits per heavy atom. The highest BCUT2D eigenvalue weighted by Gasteiger charge is 2.26. The van der Waals surface area contributed by atoms with Gasteiger partial charge in [0.05, 0.1) is 38.3 Å². The van der Waals surface area contributed by atoms with Crippen molar-refractivity contribution in [3.63, 3.8) is 0 Å². The smallest absolute Gasteiger partial charge is 0.341 e. The van der Waals surface area contributed by atoms with Gasteiger partial charge in [0.1, 0.15) is 5.00 Å². The Morgan fingerprint density at radius 3 is 2.48 bits per heavy atom. The zero-order valence-electron chi connectivity index (χ0n) is 17.4. The summed E-state index contributed by atoms with van der Waals surface area (Å²) in [4.78, 5) is 29.8. The van der Waals surface area contributed by atoms with Crippen LogP contribution in [0.15, 0.2) is 30.3 Å². The number of rotatable bonds is 7. The molecule has 3 rings (SSSR count). The second-order valence-corrected chi connectivity index (χ2v) is 8.33. The largest absolute Gasteiger partial charge is 0.462 e. The number of amides is 1. The van der Waals surface area contributed by atoms with E-state index in [-0.39, 0.29) is 11.9 Å². The number of hydrogen-bond donors (Lipinski definition) is 2. The molecule has 0 atom stereocenters. The lowest BCUT2D eigenvalue weighted by atomic mass is 10.1. The molecule has 1 aliphatic rings. The second-order valence-electron chi connectivity index (χ2n) is 7.23. The molecule has 6 nitrogen and oxygen atoms in total. The summed E-state index contributed by atoms with van der Waals surface area (Å²) in [6.07, 6.45) is 0.825. The number of nitrogens with zero attached hydrogens (tertiary/aromatic N) is 1. The molecule has 1 aromatic heterocycles. The van der Waals surface area contributed by atoms with Crippen molar-refractivity contribution in [3.05, 3.63) is 46.3 Å². The summed E-state index contributed by atoms with van der Waals surface area (Å²) >= 11 is 1.48. The molecule has 1 aliphatic heterocycles. The summed E-state index contributed by atoms with van der Waals surface area (Å²) in [5.74, 6) is -0.414. The maximum Gasteiger partial charge on any atom is 0.341 e. The first kappa shape index (κ1) is 21.3. The molecule has 2 N–H and O–H groups in total. The normalized spacial score (nSPS) is 14.7. The molecule has 1 amide bonds. The molecule has 0 aliphatic carbocycles. The molecule has 29 heavy (non-hydrogen) atoms. The Kier molecular flexibility index (Phi) is 7.28. The minimum Gasteiger partial charge on any atom is -0.462 e. The number of carbonyl (C=O) groups excluding carboxylic acids is 2. The predicted molar refractivity (Wildman–Crippen MR) is 117 cm³/mol. The van der Waals surface area contributed by atoms with Crippen LogP contribution in [0.2, 0.25) is 0 Å². The third kappa shape index (κ3) is 5.16. The molecule has 0 bridgehead atoms. The number of anilines is 2. The van der Waals surface area contributed by atoms with E-state index >= 15 is 0 Å². The molecule has 2 aromatic rings. The number of esters is 1. The minimum absolute atomic E-state index is 0.0531. The van der Waals surface area contributed by atoms with Crippen LogP contribution in [-0.2, 0) is 16.0 Å². The lowest BCUT2D eigenvalue weighted by Crippen LogP contribution is -3.15. The molecule has 1 fully saturated rings. The number of nitrogens with one attached hydrogen (secondary N) is 2. The van der Waals surface area contributed by atoms with Gasteiger partial charge in [0.25, 0.3) is 5.91 Å². The van der Waals surface area contributed by atoms with Crippen molar-refractivity contribution < 1.29 is 19.2 Å². The van der Waals surface area contributed by atoms with Gasteiger partial charge in [0.2, 0.25) is 0 Å². The minimum atomic E-state index is -0.361. The Morgan fingerprint density at radius 2 is 1.86 bits per heavy atom. The Balaban J connectivity index is 1.59. The van der Waals surface area contributed by atoms with Gasteiger partial charge in [-0.05, 0) is 38.0 Å². The van der Waals surface area contributed by atoms with Crippen LogP contribution in [0, 0.1) is 6.92 Å². The average Bonchev–Trinajstić information content (AvgIpc) is 3.04. The number of benzene rings is 1. The fourth-order valence-electron chi connectivity index (χ4n) is 3.73. The van der Waals surface area contributed by atoms with Gasteiger partial charge in [-0.3, -0.25) is 4.79 Å². The molecule has 7 heteroatoms. The number of thiophene rings is 1. The van der Waals surface area contributed by atoms with Crippen LogP contribution in [-0.4, -0.2) is 51.2 Å². The molecule has 0 spiro atoms. The highest BCUT2D eigenvalue weighted by molar-refractivity contribution is 7.17. The predicted octanol–water partition coefficient (Wildman–Crippen LogP) is 2.14. The quantitative estimate of drug-likeness (QED) is 0.679. The highest BCUT2D eigenvalue weighted by Crippen LogP contribution is 2.34. The summed E-state index contributed by atoms with van der Waals surface area (Å²) in [7, 11) is 0. The number of quaternary nitrogens is 1. The van der Waals surface area contributed by atoms with Crippen LogP contribution in [0.5, 0.6) is 0 Å². The van der Waals surface area contributed by atoms with E-state index in [1.807, 2.05) is 13.0 Å². The van der Waals surface area contributed by atoms with Crippen LogP contribution in [0.3, 0.4) is 0 Å². The van der Waals surface area contributed by atoms with Gasteiger partial charge < -0.3 is 19.9 Å². The lowest BCUT2D eigenvalue weighted by molar-refractivity contribution is -0.892. The molecule has 156 valence electrons. The SMILES string of the molecule is CCOC(=O)c1c(NC(=O)C[NH+]2CCN(c3ccccc3)CC2)sc(CC)c1C. The first-order valence-electron chi connectivity index (χ1n) is 10.3. The number of aryl methyl sites for hydroxylation is 1. The molecule has 0 radical (unpaired) electrons. The zero-order chi connectivity index (χ0) is 20.8. The van der Waals surface area contributed by atoms with Gasteiger partial charge in [0, 0.05) is 10.6 Å². The van der Waals surface area contributed by atoms with Crippen molar-refractivity contribution in [3.8, 4) is 0 Å². The monoisotopic (exact) mass is 416 g/mol. The fourth-order valence-corrected chi connectivity index (χ4v) is 4.88. The zero-order valence-corrected chi connectivity index (χ0v) is 18.2. The van der Waals surface area contributed by atoms with Gasteiger partial charge in [-0.15, -0.1) is 11.3 Å². The lowest BCUT2D eigenvalue weighted by Gasteiger charge is -2.33. The summed E-state index contributed by atoms with van der Waals surface area (Å²) in [6, 6.07) is 10.4. The first-order valence-corrected chi connectivity index (χ1v) is 11.1. The molecule has 0 unspecified atom stereocenters. The molecule has 2 heterocycles. The van der Waals surface area contributed by atoms with Crippen LogP contribution in [0.1, 0.15) is 34.6 Å². The van der Waals surface area contributed by atoms with Crippen molar-refractivity contribution in [2.24, 2.45) is 0 Å². The Labute approximate surface area is 176 Å². The van der Waals surface area contributed by atoms with E-state index < -0.39 is 0 Å². The summed E-state index contributed by atoms with van der Waals surface area (Å²) in [5.41, 5.74) is 2.65. The summed E-state index contributed by atoms with van der Waals surface area (Å²) in [6.45, 7) is 10.2. The molecule has 1 saturated heterocycles. The van der Waals surface area contributed by atoms with E-state index in [9.17, 15) is 9.59 Å². The maximum absolute atomic E-state index is 12.7. The van der Waals surface area contributed by atoms with E-state index in [1.54, 1.807) is 6.92 Å². The first-order chi connectivity index (χ1) is 14.0. The average molecular weight is 417 g/mol. The van der Waals surface area contributed by atoms with E-state index in [2.05, 4.69) is 41.4 Å². The summed E-state index contributed by atoms with van der Waals surface area (Å²) in [5, 5.41) is 3.60. The third-order valence-electron chi connectivity index (χ3n) is 5.30. The van der Waals surface area contributed by atoms with Crippen molar-refractivity contribution in [1.29, 1.82) is 0 Å². The third-order valence-corrected chi connectivity index (χ3v) is 6.65. The van der Waals surface area contributed by atoms with Crippen LogP contribution in [0.25, 0.3) is 0 Å². The number of carbonyl (C=O) groups is 2. The van der Waals surface area contributed by atoms with Crippen molar-refractivity contribution in [2.75, 3.05) is 49.5 Å². The number of para-hydroxylation sites is 1. The van der Waals surface area contributed by atoms with Gasteiger partial charge >= 0.3 is 5.97 Å². The van der Waals surface area contributed by atoms with Gasteiger partial charge in [0.15, 0.2) is 6.54 Å². The standard InChI is InChI=1S/C22H29N3O3S/c1-4-18-16(3)20(22(27)28-5-2)21(29-18)23-19(26)15-24-11-13-25(14-12-24)17-9-7-6-8-10-17/h6-10H,4-5,11-15H2,1-3H3,(H,23,26)/p+1. The maximum atomic E-state index is 12.7. The van der Waals surface area contributed by atoms with E-state index in [4.69, 9.17) is 4.74 Å². The number of hydrogen-bond acceptors (Lipinski definition) is 5. The fraction of sp³-hybridized carbons (Fsp3) is 0.455. The van der Waals surface area contributed by atoms with E-state index in [0.717, 1.165) is 43.0 Å². The number of piperazine rings is 1. The molecular weight excluding hydrogens is 386 g/mol. The summed E-state index contributed by atoms with van der Waals surface area (Å²) < 4.78 is 5.20. The highest BCUT2D eigenvalue weighted by atomic mass is 32.1. The molecular formula is C22H30N3O3S+. The molecule has 0 saturated carbocycles. The van der Waals surface area contributed by atoms with Crippen molar-refractivity contribution in [2.45, 2.75) is 27.2 Å². The van der Waals surface area contributed by atoms with Crippen LogP contribution < -0.4 is 15.1 Å². The Bertz CT molecular complexity index is 842. The van der Waals surface area contributed by atoms with Gasteiger partial charge in [-0.1, -0.05) is 25.1 Å². The Hall–Kier alpha value is -2.38. The van der Waals surface area contributed by atoms with E-state index in [1.165, 1.54) is 21.9 Å². The second kappa shape index (κ2) is 9.89. The molecule has 1 aromatic carbocycles. The van der Waals surface area contributed by atoms with Crippen LogP contribution in [0.4, 0.5) is 10.7 Å². The van der Waals surface area contributed by atoms with Crippen molar-refractivity contribution >= 4 is 33.9 Å². The van der Waals surface area contributed by atoms with Gasteiger partial charge in [-0.2, -0.15) is 0 Å². The number of ether oxygens (including phenoxy) is 1. The topological polar surface area (TPSA) is 63.1 Å². The van der Waals surface area contributed by atoms with Crippen LogP contribution >= 0.6 is 11.3 Å². The van der Waals surface area contributed by atoms with Gasteiger partial charge in [-0.25, -0.2) is 4.79 Å². The van der Waals surface area contributed by atoms with Crippen molar-refractivity contribution in [1.82, 2.24) is 0 Å².